The van der Waals surface area contributed by atoms with E-state index in [1.807, 2.05) is 28.5 Å². The maximum absolute atomic E-state index is 13.5. The van der Waals surface area contributed by atoms with Gasteiger partial charge in [0, 0.05) is 48.0 Å². The molecule has 32 heavy (non-hydrogen) atoms. The summed E-state index contributed by atoms with van der Waals surface area (Å²) in [6.07, 6.45) is 6.27. The van der Waals surface area contributed by atoms with E-state index in [1.54, 1.807) is 6.07 Å². The number of hydrogen-bond acceptors (Lipinski definition) is 4. The molecule has 7 heteroatoms. The lowest BCUT2D eigenvalue weighted by Crippen LogP contribution is -2.39. The molecule has 0 bridgehead atoms. The first-order valence-corrected chi connectivity index (χ1v) is 12.0. The minimum atomic E-state index is -0.0492. The normalized spacial score (nSPS) is 21.5. The van der Waals surface area contributed by atoms with Crippen molar-refractivity contribution in [2.45, 2.75) is 52.5 Å². The Morgan fingerprint density at radius 1 is 1.09 bits per heavy atom. The summed E-state index contributed by atoms with van der Waals surface area (Å²) in [5, 5.41) is 5.45. The Bertz CT molecular complexity index is 1170. The third-order valence-corrected chi connectivity index (χ3v) is 7.12. The van der Waals surface area contributed by atoms with Crippen LogP contribution in [-0.4, -0.2) is 45.0 Å². The van der Waals surface area contributed by atoms with Gasteiger partial charge in [0.2, 0.25) is 0 Å². The molecule has 168 valence electrons. The van der Waals surface area contributed by atoms with E-state index >= 15 is 0 Å². The molecule has 3 aromatic rings. The summed E-state index contributed by atoms with van der Waals surface area (Å²) in [6.45, 7) is 9.18. The second-order valence-corrected chi connectivity index (χ2v) is 9.87. The fourth-order valence-corrected chi connectivity index (χ4v) is 5.26. The molecular weight excluding hydrogens is 422 g/mol. The summed E-state index contributed by atoms with van der Waals surface area (Å²) in [4.78, 5) is 22.8. The van der Waals surface area contributed by atoms with Crippen LogP contribution >= 0.6 is 11.6 Å². The largest absolute Gasteiger partial charge is 0.356 e. The Labute approximate surface area is 194 Å². The van der Waals surface area contributed by atoms with Crippen LogP contribution in [0.1, 0.15) is 65.8 Å². The fourth-order valence-electron chi connectivity index (χ4n) is 5.09. The van der Waals surface area contributed by atoms with Crippen molar-refractivity contribution >= 4 is 29.0 Å². The number of nitrogens with zero attached hydrogens (tertiary/aromatic N) is 5. The van der Waals surface area contributed by atoms with Gasteiger partial charge in [0.25, 0.3) is 5.91 Å². The van der Waals surface area contributed by atoms with Crippen LogP contribution in [0.4, 0.5) is 5.82 Å². The third kappa shape index (κ3) is 3.85. The lowest BCUT2D eigenvalue weighted by molar-refractivity contribution is 0.0605. The molecule has 0 N–H and O–H groups in total. The van der Waals surface area contributed by atoms with Gasteiger partial charge in [-0.15, -0.1) is 0 Å². The van der Waals surface area contributed by atoms with Gasteiger partial charge in [-0.1, -0.05) is 24.6 Å². The molecule has 1 aromatic carbocycles. The number of benzene rings is 1. The topological polar surface area (TPSA) is 53.7 Å². The fraction of sp³-hybridized carbons (Fsp3) is 0.480. The zero-order chi connectivity index (χ0) is 22.4. The van der Waals surface area contributed by atoms with Crippen LogP contribution in [0.5, 0.6) is 0 Å². The van der Waals surface area contributed by atoms with Crippen LogP contribution in [0.2, 0.25) is 5.02 Å². The van der Waals surface area contributed by atoms with Crippen molar-refractivity contribution in [1.82, 2.24) is 19.5 Å². The highest BCUT2D eigenvalue weighted by atomic mass is 35.5. The van der Waals surface area contributed by atoms with Crippen molar-refractivity contribution in [2.24, 2.45) is 5.92 Å². The summed E-state index contributed by atoms with van der Waals surface area (Å²) < 4.78 is 1.87. The molecule has 0 aliphatic carbocycles. The highest BCUT2D eigenvalue weighted by Crippen LogP contribution is 2.33. The van der Waals surface area contributed by atoms with Crippen LogP contribution < -0.4 is 4.90 Å². The molecule has 1 amide bonds. The Morgan fingerprint density at radius 3 is 2.72 bits per heavy atom. The van der Waals surface area contributed by atoms with E-state index in [4.69, 9.17) is 21.7 Å². The second-order valence-electron chi connectivity index (χ2n) is 9.43. The number of hydrogen-bond donors (Lipinski definition) is 0. The lowest BCUT2D eigenvalue weighted by Gasteiger charge is -2.35. The Hall–Kier alpha value is -2.60. The molecule has 2 aliphatic rings. The van der Waals surface area contributed by atoms with Crippen molar-refractivity contribution in [3.63, 3.8) is 0 Å². The maximum Gasteiger partial charge on any atom is 0.254 e. The summed E-state index contributed by atoms with van der Waals surface area (Å²) in [5.74, 6) is 1.78. The number of carbonyl (C=O) groups excluding carboxylic acids is 1. The Kier molecular flexibility index (Phi) is 5.58. The van der Waals surface area contributed by atoms with Crippen LogP contribution in [0, 0.1) is 19.8 Å². The van der Waals surface area contributed by atoms with Gasteiger partial charge in [0.1, 0.15) is 5.82 Å². The van der Waals surface area contributed by atoms with Gasteiger partial charge in [-0.25, -0.2) is 9.50 Å². The van der Waals surface area contributed by atoms with Gasteiger partial charge in [0.15, 0.2) is 5.65 Å². The number of likely N-dealkylation sites (tertiary alicyclic amines) is 1. The van der Waals surface area contributed by atoms with Crippen LogP contribution in [-0.2, 0) is 0 Å². The first kappa shape index (κ1) is 21.3. The number of piperidine rings is 1. The average molecular weight is 452 g/mol. The van der Waals surface area contributed by atoms with E-state index in [1.165, 1.54) is 6.42 Å². The molecule has 2 unspecified atom stereocenters. The van der Waals surface area contributed by atoms with Crippen molar-refractivity contribution in [2.75, 3.05) is 24.5 Å². The number of anilines is 1. The number of halogens is 1. The van der Waals surface area contributed by atoms with E-state index in [9.17, 15) is 4.79 Å². The average Bonchev–Trinajstić information content (AvgIpc) is 3.40. The molecule has 2 fully saturated rings. The quantitative estimate of drug-likeness (QED) is 0.548. The summed E-state index contributed by atoms with van der Waals surface area (Å²) in [7, 11) is 0. The molecule has 0 saturated carbocycles. The van der Waals surface area contributed by atoms with Crippen LogP contribution in [0.3, 0.4) is 0 Å². The summed E-state index contributed by atoms with van der Waals surface area (Å²) in [5.41, 5.74) is 4.51. The molecule has 2 aliphatic heterocycles. The zero-order valence-corrected chi connectivity index (χ0v) is 19.8. The minimum absolute atomic E-state index is 0.0302. The van der Waals surface area contributed by atoms with E-state index in [2.05, 4.69) is 31.0 Å². The summed E-state index contributed by atoms with van der Waals surface area (Å²) in [6, 6.07) is 7.53. The standard InChI is InChI=1S/C25H30ClN5O/c1-16-9-11-29(14-16)24-18(3)15-31-23(27-24)13-21(28-31)22-6-4-5-10-30(22)25(32)20-12-19(26)8-7-17(20)2/h7-8,12-13,15-16,22H,4-6,9-11,14H2,1-3H3. The minimum Gasteiger partial charge on any atom is -0.356 e. The predicted molar refractivity (Wildman–Crippen MR) is 128 cm³/mol. The molecule has 2 atom stereocenters. The zero-order valence-electron chi connectivity index (χ0n) is 19.0. The summed E-state index contributed by atoms with van der Waals surface area (Å²) >= 11 is 6.20. The first-order valence-electron chi connectivity index (χ1n) is 11.6. The highest BCUT2D eigenvalue weighted by Gasteiger charge is 2.32. The van der Waals surface area contributed by atoms with E-state index in [0.29, 0.717) is 16.5 Å². The van der Waals surface area contributed by atoms with Gasteiger partial charge < -0.3 is 9.80 Å². The van der Waals surface area contributed by atoms with Crippen molar-refractivity contribution in [1.29, 1.82) is 0 Å². The van der Waals surface area contributed by atoms with Gasteiger partial charge in [-0.05, 0) is 63.1 Å². The highest BCUT2D eigenvalue weighted by molar-refractivity contribution is 6.31. The van der Waals surface area contributed by atoms with Crippen molar-refractivity contribution in [3.05, 3.63) is 57.9 Å². The van der Waals surface area contributed by atoms with Crippen LogP contribution in [0.15, 0.2) is 30.5 Å². The monoisotopic (exact) mass is 451 g/mol. The molecule has 5 rings (SSSR count). The third-order valence-electron chi connectivity index (χ3n) is 6.88. The molecule has 6 nitrogen and oxygen atoms in total. The van der Waals surface area contributed by atoms with E-state index in [-0.39, 0.29) is 11.9 Å². The molecule has 2 aromatic heterocycles. The lowest BCUT2D eigenvalue weighted by atomic mass is 9.97. The molecular formula is C25H30ClN5O. The van der Waals surface area contributed by atoms with Gasteiger partial charge >= 0.3 is 0 Å². The number of fused-ring (bicyclic) bond motifs is 1. The second kappa shape index (κ2) is 8.39. The number of amides is 1. The molecule has 0 spiro atoms. The molecule has 0 radical (unpaired) electrons. The smallest absolute Gasteiger partial charge is 0.254 e. The maximum atomic E-state index is 13.5. The van der Waals surface area contributed by atoms with Crippen molar-refractivity contribution in [3.8, 4) is 0 Å². The Balaban J connectivity index is 1.48. The number of aromatic nitrogens is 3. The van der Waals surface area contributed by atoms with E-state index in [0.717, 1.165) is 67.2 Å². The van der Waals surface area contributed by atoms with Gasteiger partial charge in [0.05, 0.1) is 11.7 Å². The SMILES string of the molecule is Cc1ccc(Cl)cc1C(=O)N1CCCCC1c1cc2nc(N3CCC(C)C3)c(C)cn2n1. The Morgan fingerprint density at radius 2 is 1.94 bits per heavy atom. The molecule has 2 saturated heterocycles. The first-order chi connectivity index (χ1) is 15.4. The van der Waals surface area contributed by atoms with Gasteiger partial charge in [-0.2, -0.15) is 5.10 Å². The van der Waals surface area contributed by atoms with E-state index < -0.39 is 0 Å². The molecule has 4 heterocycles. The number of aryl methyl sites for hydroxylation is 2. The van der Waals surface area contributed by atoms with Crippen molar-refractivity contribution < 1.29 is 4.79 Å². The predicted octanol–water partition coefficient (Wildman–Crippen LogP) is 5.21. The van der Waals surface area contributed by atoms with Crippen LogP contribution in [0.25, 0.3) is 5.65 Å². The number of carbonyl (C=O) groups is 1. The van der Waals surface area contributed by atoms with Gasteiger partial charge in [-0.3, -0.25) is 4.79 Å². The number of rotatable bonds is 3.